The molecule has 0 spiro atoms. The summed E-state index contributed by atoms with van der Waals surface area (Å²) in [6.45, 7) is 1.52. The van der Waals surface area contributed by atoms with E-state index in [4.69, 9.17) is 4.74 Å². The van der Waals surface area contributed by atoms with Crippen LogP contribution in [0.1, 0.15) is 16.7 Å². The molecule has 4 aromatic carbocycles. The van der Waals surface area contributed by atoms with Crippen LogP contribution in [-0.4, -0.2) is 28.0 Å². The second-order valence-corrected chi connectivity index (χ2v) is 10.5. The van der Waals surface area contributed by atoms with Crippen LogP contribution in [0.4, 0.5) is 11.4 Å². The van der Waals surface area contributed by atoms with Gasteiger partial charge in [-0.25, -0.2) is 8.42 Å². The molecule has 0 saturated heterocycles. The molecule has 6 nitrogen and oxygen atoms in total. The lowest BCUT2D eigenvalue weighted by Gasteiger charge is -2.24. The predicted octanol–water partition coefficient (Wildman–Crippen LogP) is 5.09. The van der Waals surface area contributed by atoms with Crippen LogP contribution in [0.2, 0.25) is 0 Å². The largest absolute Gasteiger partial charge is 0.497 e. The number of anilines is 2. The van der Waals surface area contributed by atoms with Gasteiger partial charge < -0.3 is 10.1 Å². The zero-order chi connectivity index (χ0) is 24.6. The SMILES string of the molecule is COc1ccc(N(CC(=O)Nc2ccc3c4c(cccc24)CC3)S(=O)(=O)c2ccc(C)cc2)cc1. The van der Waals surface area contributed by atoms with Crippen molar-refractivity contribution >= 4 is 38.1 Å². The van der Waals surface area contributed by atoms with Crippen molar-refractivity contribution in [3.05, 3.63) is 95.6 Å². The number of nitrogens with one attached hydrogen (secondary N) is 1. The summed E-state index contributed by atoms with van der Waals surface area (Å²) in [7, 11) is -2.45. The number of aryl methyl sites for hydroxylation is 3. The van der Waals surface area contributed by atoms with Crippen molar-refractivity contribution in [3.63, 3.8) is 0 Å². The van der Waals surface area contributed by atoms with Gasteiger partial charge in [-0.2, -0.15) is 0 Å². The van der Waals surface area contributed by atoms with Crippen molar-refractivity contribution in [2.45, 2.75) is 24.7 Å². The highest BCUT2D eigenvalue weighted by Gasteiger charge is 2.28. The Bertz CT molecular complexity index is 1500. The fraction of sp³-hybridized carbons (Fsp3) is 0.179. The third-order valence-electron chi connectivity index (χ3n) is 6.41. The summed E-state index contributed by atoms with van der Waals surface area (Å²) < 4.78 is 33.6. The average molecular weight is 487 g/mol. The van der Waals surface area contributed by atoms with Gasteiger partial charge in [0.25, 0.3) is 10.0 Å². The van der Waals surface area contributed by atoms with E-state index in [0.717, 1.165) is 28.1 Å². The number of hydrogen-bond acceptors (Lipinski definition) is 4. The second-order valence-electron chi connectivity index (χ2n) is 8.68. The first-order chi connectivity index (χ1) is 16.9. The molecule has 1 amide bonds. The number of carbonyl (C=O) groups is 1. The fourth-order valence-corrected chi connectivity index (χ4v) is 6.00. The van der Waals surface area contributed by atoms with Crippen LogP contribution in [0.15, 0.2) is 83.8 Å². The first kappa shape index (κ1) is 22.9. The second kappa shape index (κ2) is 9.07. The number of rotatable bonds is 7. The summed E-state index contributed by atoms with van der Waals surface area (Å²) in [4.78, 5) is 13.4. The third kappa shape index (κ3) is 4.35. The van der Waals surface area contributed by atoms with Crippen molar-refractivity contribution in [1.82, 2.24) is 0 Å². The smallest absolute Gasteiger partial charge is 0.264 e. The minimum atomic E-state index is -3.99. The van der Waals surface area contributed by atoms with Crippen LogP contribution in [0, 0.1) is 6.92 Å². The van der Waals surface area contributed by atoms with Gasteiger partial charge in [-0.15, -0.1) is 0 Å². The van der Waals surface area contributed by atoms with Crippen LogP contribution < -0.4 is 14.4 Å². The average Bonchev–Trinajstić information content (AvgIpc) is 3.29. The van der Waals surface area contributed by atoms with Crippen molar-refractivity contribution in [2.24, 2.45) is 0 Å². The van der Waals surface area contributed by atoms with Crippen molar-refractivity contribution in [3.8, 4) is 5.75 Å². The van der Waals surface area contributed by atoms with Crippen LogP contribution >= 0.6 is 0 Å². The zero-order valence-electron chi connectivity index (χ0n) is 19.6. The van der Waals surface area contributed by atoms with Gasteiger partial charge >= 0.3 is 0 Å². The van der Waals surface area contributed by atoms with E-state index >= 15 is 0 Å². The normalized spacial score (nSPS) is 12.5. The van der Waals surface area contributed by atoms with Crippen LogP contribution in [-0.2, 0) is 27.7 Å². The molecule has 0 fully saturated rings. The van der Waals surface area contributed by atoms with E-state index in [2.05, 4.69) is 11.4 Å². The lowest BCUT2D eigenvalue weighted by molar-refractivity contribution is -0.114. The Kier molecular flexibility index (Phi) is 5.94. The number of nitrogens with zero attached hydrogens (tertiary/aromatic N) is 1. The van der Waals surface area contributed by atoms with Gasteiger partial charge in [-0.05, 0) is 78.7 Å². The topological polar surface area (TPSA) is 75.7 Å². The van der Waals surface area contributed by atoms with Crippen LogP contribution in [0.25, 0.3) is 10.8 Å². The molecule has 4 aromatic rings. The Morgan fingerprint density at radius 1 is 0.914 bits per heavy atom. The lowest BCUT2D eigenvalue weighted by atomic mass is 10.0. The molecule has 0 bridgehead atoms. The van der Waals surface area contributed by atoms with Gasteiger partial charge in [-0.1, -0.05) is 42.0 Å². The molecular formula is C28H26N2O4S. The van der Waals surface area contributed by atoms with Crippen molar-refractivity contribution in [1.29, 1.82) is 0 Å². The van der Waals surface area contributed by atoms with E-state index in [0.29, 0.717) is 17.1 Å². The lowest BCUT2D eigenvalue weighted by Crippen LogP contribution is -2.38. The van der Waals surface area contributed by atoms with Crippen molar-refractivity contribution in [2.75, 3.05) is 23.3 Å². The molecule has 178 valence electrons. The molecule has 7 heteroatoms. The quantitative estimate of drug-likeness (QED) is 0.395. The van der Waals surface area contributed by atoms with Crippen molar-refractivity contribution < 1.29 is 17.9 Å². The molecule has 1 aliphatic rings. The first-order valence-electron chi connectivity index (χ1n) is 11.4. The van der Waals surface area contributed by atoms with Gasteiger partial charge in [0.15, 0.2) is 0 Å². The van der Waals surface area contributed by atoms with E-state index in [-0.39, 0.29) is 11.4 Å². The summed E-state index contributed by atoms with van der Waals surface area (Å²) in [5, 5.41) is 5.11. The first-order valence-corrected chi connectivity index (χ1v) is 12.9. The number of benzene rings is 4. The predicted molar refractivity (Wildman–Crippen MR) is 139 cm³/mol. The number of hydrogen-bond donors (Lipinski definition) is 1. The maximum Gasteiger partial charge on any atom is 0.264 e. The van der Waals surface area contributed by atoms with Gasteiger partial charge in [0.1, 0.15) is 12.3 Å². The molecule has 5 rings (SSSR count). The third-order valence-corrected chi connectivity index (χ3v) is 8.20. The molecule has 0 radical (unpaired) electrons. The highest BCUT2D eigenvalue weighted by Crippen LogP contribution is 2.35. The number of carbonyl (C=O) groups excluding carboxylic acids is 1. The van der Waals surface area contributed by atoms with Gasteiger partial charge in [-0.3, -0.25) is 9.10 Å². The van der Waals surface area contributed by atoms with E-state index in [1.807, 2.05) is 31.2 Å². The van der Waals surface area contributed by atoms with Crippen LogP contribution in [0.5, 0.6) is 5.75 Å². The number of amides is 1. The number of methoxy groups -OCH3 is 1. The molecular weight excluding hydrogens is 460 g/mol. The standard InChI is InChI=1S/C28H26N2O4S/c1-19-6-15-24(16-7-19)35(32,33)30(22-11-13-23(34-2)14-12-22)18-27(31)29-26-17-10-21-9-8-20-4-3-5-25(26)28(20)21/h3-7,10-17H,8-9,18H2,1-2H3,(H,29,31). The Morgan fingerprint density at radius 2 is 1.60 bits per heavy atom. The number of ether oxygens (including phenoxy) is 1. The minimum absolute atomic E-state index is 0.122. The molecule has 1 aliphatic carbocycles. The molecule has 0 aliphatic heterocycles. The highest BCUT2D eigenvalue weighted by molar-refractivity contribution is 7.92. The summed E-state index contributed by atoms with van der Waals surface area (Å²) >= 11 is 0. The summed E-state index contributed by atoms with van der Waals surface area (Å²) in [6, 6.07) is 23.3. The summed E-state index contributed by atoms with van der Waals surface area (Å²) in [5.41, 5.74) is 4.55. The molecule has 0 saturated carbocycles. The minimum Gasteiger partial charge on any atom is -0.497 e. The van der Waals surface area contributed by atoms with E-state index in [1.165, 1.54) is 16.5 Å². The number of sulfonamides is 1. The molecule has 0 atom stereocenters. The Hall–Kier alpha value is -3.84. The van der Waals surface area contributed by atoms with Crippen LogP contribution in [0.3, 0.4) is 0 Å². The Morgan fingerprint density at radius 3 is 2.29 bits per heavy atom. The van der Waals surface area contributed by atoms with Gasteiger partial charge in [0.05, 0.1) is 17.7 Å². The fourth-order valence-electron chi connectivity index (χ4n) is 4.58. The molecule has 0 unspecified atom stereocenters. The Labute approximate surface area is 205 Å². The van der Waals surface area contributed by atoms with E-state index < -0.39 is 15.9 Å². The Balaban J connectivity index is 1.48. The molecule has 35 heavy (non-hydrogen) atoms. The summed E-state index contributed by atoms with van der Waals surface area (Å²) in [6.07, 6.45) is 1.98. The van der Waals surface area contributed by atoms with Gasteiger partial charge in [0.2, 0.25) is 5.91 Å². The van der Waals surface area contributed by atoms with E-state index in [1.54, 1.807) is 55.6 Å². The molecule has 0 heterocycles. The molecule has 0 aromatic heterocycles. The molecule has 1 N–H and O–H groups in total. The summed E-state index contributed by atoms with van der Waals surface area (Å²) in [5.74, 6) is 0.175. The van der Waals surface area contributed by atoms with Gasteiger partial charge in [0, 0.05) is 11.1 Å². The maximum absolute atomic E-state index is 13.6. The maximum atomic E-state index is 13.6. The monoisotopic (exact) mass is 486 g/mol. The zero-order valence-corrected chi connectivity index (χ0v) is 20.4. The van der Waals surface area contributed by atoms with E-state index in [9.17, 15) is 13.2 Å². The highest BCUT2D eigenvalue weighted by atomic mass is 32.2.